The Balaban J connectivity index is 1.30. The number of piperazine rings is 1. The third-order valence-corrected chi connectivity index (χ3v) is 15.1. The average Bonchev–Trinajstić information content (AvgIpc) is 3.25. The van der Waals surface area contributed by atoms with Gasteiger partial charge in [0.2, 0.25) is 10.0 Å². The van der Waals surface area contributed by atoms with Gasteiger partial charge in [0.15, 0.2) is 0 Å². The molecule has 5 aliphatic rings. The molecule has 3 heterocycles. The van der Waals surface area contributed by atoms with Crippen LogP contribution >= 0.6 is 11.6 Å². The van der Waals surface area contributed by atoms with Crippen molar-refractivity contribution < 1.29 is 22.7 Å². The Hall–Kier alpha value is -2.63. The zero-order valence-electron chi connectivity index (χ0n) is 30.7. The van der Waals surface area contributed by atoms with E-state index in [4.69, 9.17) is 21.1 Å². The van der Waals surface area contributed by atoms with Gasteiger partial charge in [-0.05, 0) is 111 Å². The van der Waals surface area contributed by atoms with Crippen LogP contribution < -0.4 is 14.4 Å². The fourth-order valence-corrected chi connectivity index (χ4v) is 10.9. The van der Waals surface area contributed by atoms with Crippen molar-refractivity contribution in [3.05, 3.63) is 70.3 Å². The Morgan fingerprint density at radius 2 is 1.84 bits per heavy atom. The molecule has 2 aromatic rings. The number of sulfonamides is 1. The number of likely N-dealkylation sites (N-methyl/N-ethyl adjacent to an activating group) is 1. The molecule has 0 aromatic heterocycles. The van der Waals surface area contributed by atoms with Crippen molar-refractivity contribution in [3.8, 4) is 5.75 Å². The van der Waals surface area contributed by atoms with Crippen molar-refractivity contribution >= 4 is 33.2 Å². The van der Waals surface area contributed by atoms with Gasteiger partial charge in [-0.1, -0.05) is 43.7 Å². The van der Waals surface area contributed by atoms with Crippen molar-refractivity contribution in [1.29, 1.82) is 0 Å². The molecule has 1 amide bonds. The lowest BCUT2D eigenvalue weighted by Crippen LogP contribution is -2.59. The molecule has 1 N–H and O–H groups in total. The average molecular weight is 739 g/mol. The molecule has 2 fully saturated rings. The highest BCUT2D eigenvalue weighted by Crippen LogP contribution is 2.49. The number of benzene rings is 2. The van der Waals surface area contributed by atoms with Crippen LogP contribution in [0.4, 0.5) is 5.69 Å². The molecule has 4 unspecified atom stereocenters. The van der Waals surface area contributed by atoms with Crippen molar-refractivity contribution in [2.75, 3.05) is 71.0 Å². The van der Waals surface area contributed by atoms with Gasteiger partial charge in [-0.15, -0.1) is 0 Å². The molecule has 11 heteroatoms. The number of carbonyl (C=O) groups is 1. The molecule has 51 heavy (non-hydrogen) atoms. The minimum Gasteiger partial charge on any atom is -0.490 e. The molecule has 6 atom stereocenters. The van der Waals surface area contributed by atoms with E-state index < -0.39 is 26.8 Å². The molecule has 1 saturated heterocycles. The zero-order chi connectivity index (χ0) is 36.0. The summed E-state index contributed by atoms with van der Waals surface area (Å²) in [5, 5.41) is -0.0183. The van der Waals surface area contributed by atoms with Crippen LogP contribution in [0, 0.1) is 17.8 Å². The lowest BCUT2D eigenvalue weighted by Gasteiger charge is -2.52. The van der Waals surface area contributed by atoms with Crippen LogP contribution in [0.25, 0.3) is 0 Å². The van der Waals surface area contributed by atoms with Crippen LogP contribution in [-0.2, 0) is 26.6 Å². The largest absolute Gasteiger partial charge is 0.490 e. The first kappa shape index (κ1) is 36.7. The van der Waals surface area contributed by atoms with Gasteiger partial charge in [0.1, 0.15) is 11.4 Å². The van der Waals surface area contributed by atoms with Gasteiger partial charge >= 0.3 is 0 Å². The number of carbonyl (C=O) groups excluding carboxylic acids is 1. The van der Waals surface area contributed by atoms with Crippen molar-refractivity contribution in [2.24, 2.45) is 17.8 Å². The fraction of sp³-hybridized carbons (Fsp3) is 0.625. The van der Waals surface area contributed by atoms with E-state index in [9.17, 15) is 13.2 Å². The highest BCUT2D eigenvalue weighted by atomic mass is 35.5. The minimum absolute atomic E-state index is 0.209. The quantitative estimate of drug-likeness (QED) is 0.388. The Bertz CT molecular complexity index is 1750. The number of halogens is 1. The molecule has 2 aliphatic carbocycles. The number of anilines is 1. The number of rotatable bonds is 4. The van der Waals surface area contributed by atoms with E-state index in [0.29, 0.717) is 24.5 Å². The molecule has 2 bridgehead atoms. The fourth-order valence-electron chi connectivity index (χ4n) is 9.42. The van der Waals surface area contributed by atoms with Crippen LogP contribution in [0.3, 0.4) is 0 Å². The maximum Gasteiger partial charge on any atom is 0.264 e. The number of nitrogens with one attached hydrogen (secondary N) is 1. The molecule has 7 rings (SSSR count). The predicted octanol–water partition coefficient (Wildman–Crippen LogP) is 5.91. The SMILES string of the molecule is CCN1CCN(C[C@]2(OC)/C=C/CC(C)C(C)S(=O)(=O)NC(=O)c3ccc4c(c3)N(CC3CCC32)C[C@@]2(CCCc3cc(Cl)ccc32)CO4)CC1. The van der Waals surface area contributed by atoms with Gasteiger partial charge in [-0.25, -0.2) is 13.1 Å². The molecule has 2 aromatic carbocycles. The summed E-state index contributed by atoms with van der Waals surface area (Å²) >= 11 is 6.49. The second-order valence-corrected chi connectivity index (χ2v) is 18.4. The Labute approximate surface area is 309 Å². The standard InChI is InChI=1S/C40H55ClN4O5S/c1-5-43-18-20-44(21-19-43)26-40(49-4)17-6-8-28(2)29(3)51(47,48)42-38(46)31-11-15-37-36(23-31)45(24-32-10-13-35(32)40)25-39(27-50-37)16-7-9-30-22-33(41)12-14-34(30)39/h6,11-12,14-15,17,22-23,28-29,32,35H,5,7-10,13,16,18-21,24-27H2,1-4H3,(H,42,46)/b17-6+/t28?,29?,32?,35?,39-,40+/m0/s1. The first-order valence-electron chi connectivity index (χ1n) is 19.0. The van der Waals surface area contributed by atoms with Gasteiger partial charge in [-0.2, -0.15) is 0 Å². The van der Waals surface area contributed by atoms with Crippen LogP contribution in [0.5, 0.6) is 5.75 Å². The van der Waals surface area contributed by atoms with Gasteiger partial charge < -0.3 is 19.3 Å². The van der Waals surface area contributed by atoms with Gasteiger partial charge in [-0.3, -0.25) is 9.69 Å². The molecule has 1 spiro atoms. The summed E-state index contributed by atoms with van der Waals surface area (Å²) in [6.45, 7) is 13.9. The third kappa shape index (κ3) is 7.20. The molecular weight excluding hydrogens is 684 g/mol. The van der Waals surface area contributed by atoms with Crippen molar-refractivity contribution in [2.45, 2.75) is 75.6 Å². The van der Waals surface area contributed by atoms with Crippen molar-refractivity contribution in [3.63, 3.8) is 0 Å². The third-order valence-electron chi connectivity index (χ3n) is 13.0. The lowest BCUT2D eigenvalue weighted by atomic mass is 9.63. The molecule has 1 saturated carbocycles. The number of amides is 1. The maximum atomic E-state index is 13.6. The van der Waals surface area contributed by atoms with E-state index in [1.807, 2.05) is 32.2 Å². The second kappa shape index (κ2) is 14.7. The highest BCUT2D eigenvalue weighted by molar-refractivity contribution is 7.90. The van der Waals surface area contributed by atoms with Gasteiger partial charge in [0, 0.05) is 68.9 Å². The van der Waals surface area contributed by atoms with Crippen LogP contribution in [0.1, 0.15) is 74.4 Å². The second-order valence-electron chi connectivity index (χ2n) is 15.9. The summed E-state index contributed by atoms with van der Waals surface area (Å²) in [7, 11) is -2.09. The van der Waals surface area contributed by atoms with Crippen LogP contribution in [-0.4, -0.2) is 101 Å². The minimum atomic E-state index is -3.94. The summed E-state index contributed by atoms with van der Waals surface area (Å²) in [6.07, 6.45) is 10.1. The number of fused-ring (bicyclic) bond motifs is 4. The van der Waals surface area contributed by atoms with E-state index in [2.05, 4.69) is 50.6 Å². The lowest BCUT2D eigenvalue weighted by molar-refractivity contribution is -0.0953. The van der Waals surface area contributed by atoms with E-state index in [0.717, 1.165) is 101 Å². The van der Waals surface area contributed by atoms with E-state index in [-0.39, 0.29) is 17.3 Å². The van der Waals surface area contributed by atoms with Gasteiger partial charge in [0.05, 0.1) is 17.5 Å². The maximum absolute atomic E-state index is 13.6. The van der Waals surface area contributed by atoms with Crippen molar-refractivity contribution in [1.82, 2.24) is 14.5 Å². The molecule has 278 valence electrons. The zero-order valence-corrected chi connectivity index (χ0v) is 32.3. The molecule has 3 aliphatic heterocycles. The number of ether oxygens (including phenoxy) is 2. The number of hydrogen-bond acceptors (Lipinski definition) is 8. The topological polar surface area (TPSA) is 91.4 Å². The summed E-state index contributed by atoms with van der Waals surface area (Å²) in [5.41, 5.74) is 2.95. The highest BCUT2D eigenvalue weighted by Gasteiger charge is 2.50. The summed E-state index contributed by atoms with van der Waals surface area (Å²) < 4.78 is 42.9. The first-order chi connectivity index (χ1) is 24.5. The Kier molecular flexibility index (Phi) is 10.5. The summed E-state index contributed by atoms with van der Waals surface area (Å²) in [4.78, 5) is 21.1. The summed E-state index contributed by atoms with van der Waals surface area (Å²) in [6, 6.07) is 11.7. The first-order valence-corrected chi connectivity index (χ1v) is 20.9. The number of hydrogen-bond donors (Lipinski definition) is 1. The van der Waals surface area contributed by atoms with E-state index >= 15 is 0 Å². The van der Waals surface area contributed by atoms with Crippen LogP contribution in [0.15, 0.2) is 48.6 Å². The van der Waals surface area contributed by atoms with Gasteiger partial charge in [0.25, 0.3) is 5.91 Å². The van der Waals surface area contributed by atoms with E-state index in [1.54, 1.807) is 13.0 Å². The Morgan fingerprint density at radius 3 is 2.57 bits per heavy atom. The smallest absolute Gasteiger partial charge is 0.264 e. The predicted molar refractivity (Wildman–Crippen MR) is 203 cm³/mol. The van der Waals surface area contributed by atoms with E-state index in [1.165, 1.54) is 11.1 Å². The monoisotopic (exact) mass is 738 g/mol. The molecular formula is C40H55ClN4O5S. The van der Waals surface area contributed by atoms with Crippen LogP contribution in [0.2, 0.25) is 5.02 Å². The summed E-state index contributed by atoms with van der Waals surface area (Å²) in [5.74, 6) is 0.529. The molecule has 0 radical (unpaired) electrons. The number of methoxy groups -OCH3 is 1. The number of allylic oxidation sites excluding steroid dienone is 1. The number of aryl methyl sites for hydroxylation is 1. The normalized spacial score (nSPS) is 33.6. The Morgan fingerprint density at radius 1 is 1.06 bits per heavy atom. The number of nitrogens with zero attached hydrogens (tertiary/aromatic N) is 3. The molecule has 9 nitrogen and oxygen atoms in total.